The molecule has 0 bridgehead atoms. The van der Waals surface area contributed by atoms with Crippen molar-refractivity contribution < 1.29 is 9.59 Å². The average molecular weight is 308 g/mol. The SMILES string of the molecule is Cc1ccc(C(=O)N2Cc3ccccc3CC2C(N)=O)c(C)c1. The second kappa shape index (κ2) is 5.88. The summed E-state index contributed by atoms with van der Waals surface area (Å²) in [5.74, 6) is -0.599. The lowest BCUT2D eigenvalue weighted by Crippen LogP contribution is -2.51. The summed E-state index contributed by atoms with van der Waals surface area (Å²) < 4.78 is 0. The summed E-state index contributed by atoms with van der Waals surface area (Å²) in [6.07, 6.45) is 0.474. The van der Waals surface area contributed by atoms with Gasteiger partial charge in [0.2, 0.25) is 5.91 Å². The van der Waals surface area contributed by atoms with Crippen LogP contribution in [0, 0.1) is 13.8 Å². The number of benzene rings is 2. The maximum absolute atomic E-state index is 13.0. The van der Waals surface area contributed by atoms with Gasteiger partial charge in [0.15, 0.2) is 0 Å². The molecule has 4 heteroatoms. The average Bonchev–Trinajstić information content (AvgIpc) is 2.53. The molecule has 0 radical (unpaired) electrons. The summed E-state index contributed by atoms with van der Waals surface area (Å²) >= 11 is 0. The molecule has 0 spiro atoms. The van der Waals surface area contributed by atoms with Crippen molar-refractivity contribution in [2.24, 2.45) is 5.73 Å². The molecule has 1 unspecified atom stereocenters. The van der Waals surface area contributed by atoms with Crippen LogP contribution in [0.2, 0.25) is 0 Å². The summed E-state index contributed by atoms with van der Waals surface area (Å²) in [7, 11) is 0. The minimum Gasteiger partial charge on any atom is -0.368 e. The van der Waals surface area contributed by atoms with Crippen molar-refractivity contribution in [1.82, 2.24) is 4.90 Å². The smallest absolute Gasteiger partial charge is 0.255 e. The third-order valence-corrected chi connectivity index (χ3v) is 4.45. The first-order valence-electron chi connectivity index (χ1n) is 7.71. The standard InChI is InChI=1S/C19H20N2O2/c1-12-7-8-16(13(2)9-12)19(23)21-11-15-6-4-3-5-14(15)10-17(21)18(20)22/h3-9,17H,10-11H2,1-2H3,(H2,20,22). The summed E-state index contributed by atoms with van der Waals surface area (Å²) in [5.41, 5.74) is 10.4. The van der Waals surface area contributed by atoms with Gasteiger partial charge >= 0.3 is 0 Å². The van der Waals surface area contributed by atoms with Crippen LogP contribution >= 0.6 is 0 Å². The summed E-state index contributed by atoms with van der Waals surface area (Å²) in [6.45, 7) is 4.32. The van der Waals surface area contributed by atoms with E-state index in [2.05, 4.69) is 0 Å². The second-order valence-corrected chi connectivity index (χ2v) is 6.14. The van der Waals surface area contributed by atoms with E-state index in [1.807, 2.05) is 56.3 Å². The highest BCUT2D eigenvalue weighted by Gasteiger charge is 2.34. The third kappa shape index (κ3) is 2.84. The zero-order chi connectivity index (χ0) is 16.6. The molecule has 0 aliphatic carbocycles. The van der Waals surface area contributed by atoms with E-state index in [1.54, 1.807) is 4.90 Å². The maximum atomic E-state index is 13.0. The van der Waals surface area contributed by atoms with E-state index in [0.717, 1.165) is 22.3 Å². The van der Waals surface area contributed by atoms with Crippen LogP contribution in [0.25, 0.3) is 0 Å². The Hall–Kier alpha value is -2.62. The first-order valence-corrected chi connectivity index (χ1v) is 7.71. The molecule has 0 fully saturated rings. The molecule has 2 amide bonds. The lowest BCUT2D eigenvalue weighted by atomic mass is 9.92. The number of hydrogen-bond acceptors (Lipinski definition) is 2. The largest absolute Gasteiger partial charge is 0.368 e. The van der Waals surface area contributed by atoms with Gasteiger partial charge in [-0.2, -0.15) is 0 Å². The van der Waals surface area contributed by atoms with Gasteiger partial charge in [-0.1, -0.05) is 42.0 Å². The van der Waals surface area contributed by atoms with Crippen LogP contribution < -0.4 is 5.73 Å². The van der Waals surface area contributed by atoms with Gasteiger partial charge in [0.1, 0.15) is 6.04 Å². The molecule has 1 aliphatic heterocycles. The Bertz CT molecular complexity index is 783. The topological polar surface area (TPSA) is 63.4 Å². The number of nitrogens with two attached hydrogens (primary N) is 1. The molecule has 0 aromatic heterocycles. The molecular formula is C19H20N2O2. The van der Waals surface area contributed by atoms with Crippen LogP contribution in [0.3, 0.4) is 0 Å². The highest BCUT2D eigenvalue weighted by atomic mass is 16.2. The van der Waals surface area contributed by atoms with Crippen molar-refractivity contribution in [3.05, 3.63) is 70.3 Å². The van der Waals surface area contributed by atoms with Gasteiger partial charge < -0.3 is 10.6 Å². The monoisotopic (exact) mass is 308 g/mol. The molecular weight excluding hydrogens is 288 g/mol. The molecule has 3 rings (SSSR count). The van der Waals surface area contributed by atoms with Crippen LogP contribution in [0.4, 0.5) is 0 Å². The van der Waals surface area contributed by atoms with Crippen molar-refractivity contribution in [2.45, 2.75) is 32.9 Å². The number of nitrogens with zero attached hydrogens (tertiary/aromatic N) is 1. The normalized spacial score (nSPS) is 16.8. The molecule has 2 aromatic carbocycles. The molecule has 118 valence electrons. The van der Waals surface area contributed by atoms with E-state index in [9.17, 15) is 9.59 Å². The number of fused-ring (bicyclic) bond motifs is 1. The van der Waals surface area contributed by atoms with Gasteiger partial charge in [0.05, 0.1) is 0 Å². The van der Waals surface area contributed by atoms with Crippen molar-refractivity contribution in [3.8, 4) is 0 Å². The highest BCUT2D eigenvalue weighted by Crippen LogP contribution is 2.25. The third-order valence-electron chi connectivity index (χ3n) is 4.45. The van der Waals surface area contributed by atoms with Crippen LogP contribution in [-0.2, 0) is 17.8 Å². The number of aryl methyl sites for hydroxylation is 2. The molecule has 0 saturated heterocycles. The van der Waals surface area contributed by atoms with Gasteiger partial charge in [0.25, 0.3) is 5.91 Å². The number of hydrogen-bond donors (Lipinski definition) is 1. The molecule has 0 saturated carbocycles. The van der Waals surface area contributed by atoms with Gasteiger partial charge in [-0.3, -0.25) is 9.59 Å². The second-order valence-electron chi connectivity index (χ2n) is 6.14. The summed E-state index contributed by atoms with van der Waals surface area (Å²) in [4.78, 5) is 26.5. The van der Waals surface area contributed by atoms with E-state index < -0.39 is 11.9 Å². The van der Waals surface area contributed by atoms with Gasteiger partial charge in [-0.15, -0.1) is 0 Å². The number of rotatable bonds is 2. The lowest BCUT2D eigenvalue weighted by Gasteiger charge is -2.35. The summed E-state index contributed by atoms with van der Waals surface area (Å²) in [6, 6.07) is 13.0. The molecule has 2 aromatic rings. The van der Waals surface area contributed by atoms with Gasteiger partial charge in [-0.25, -0.2) is 0 Å². The predicted molar refractivity (Wildman–Crippen MR) is 88.9 cm³/mol. The lowest BCUT2D eigenvalue weighted by molar-refractivity contribution is -0.122. The number of amides is 2. The van der Waals surface area contributed by atoms with Crippen LogP contribution in [0.1, 0.15) is 32.6 Å². The first-order chi connectivity index (χ1) is 11.0. The Morgan fingerprint density at radius 2 is 1.78 bits per heavy atom. The number of carbonyl (C=O) groups excluding carboxylic acids is 2. The zero-order valence-electron chi connectivity index (χ0n) is 13.4. The quantitative estimate of drug-likeness (QED) is 0.925. The number of carbonyl (C=O) groups is 2. The van der Waals surface area contributed by atoms with Crippen molar-refractivity contribution in [2.75, 3.05) is 0 Å². The Morgan fingerprint density at radius 3 is 2.43 bits per heavy atom. The minimum absolute atomic E-state index is 0.138. The van der Waals surface area contributed by atoms with Crippen LogP contribution in [0.15, 0.2) is 42.5 Å². The molecule has 2 N–H and O–H groups in total. The minimum atomic E-state index is -0.599. The van der Waals surface area contributed by atoms with Crippen molar-refractivity contribution >= 4 is 11.8 Å². The van der Waals surface area contributed by atoms with E-state index in [4.69, 9.17) is 5.73 Å². The molecule has 1 heterocycles. The Morgan fingerprint density at radius 1 is 1.09 bits per heavy atom. The Balaban J connectivity index is 1.99. The van der Waals surface area contributed by atoms with Gasteiger partial charge in [-0.05, 0) is 36.6 Å². The Kier molecular flexibility index (Phi) is 3.90. The fraction of sp³-hybridized carbons (Fsp3) is 0.263. The van der Waals surface area contributed by atoms with Gasteiger partial charge in [0, 0.05) is 18.5 Å². The van der Waals surface area contributed by atoms with E-state index >= 15 is 0 Å². The fourth-order valence-electron chi connectivity index (χ4n) is 3.20. The highest BCUT2D eigenvalue weighted by molar-refractivity contribution is 5.98. The maximum Gasteiger partial charge on any atom is 0.255 e. The predicted octanol–water partition coefficient (Wildman–Crippen LogP) is 2.36. The van der Waals surface area contributed by atoms with E-state index in [-0.39, 0.29) is 5.91 Å². The molecule has 23 heavy (non-hydrogen) atoms. The first kappa shape index (κ1) is 15.3. The summed E-state index contributed by atoms with van der Waals surface area (Å²) in [5, 5.41) is 0. The van der Waals surface area contributed by atoms with E-state index in [1.165, 1.54) is 0 Å². The van der Waals surface area contributed by atoms with E-state index in [0.29, 0.717) is 18.5 Å². The Labute approximate surface area is 135 Å². The van der Waals surface area contributed by atoms with Crippen LogP contribution in [-0.4, -0.2) is 22.8 Å². The molecule has 4 nitrogen and oxygen atoms in total. The van der Waals surface area contributed by atoms with Crippen molar-refractivity contribution in [3.63, 3.8) is 0 Å². The zero-order valence-corrected chi connectivity index (χ0v) is 13.4. The fourth-order valence-corrected chi connectivity index (χ4v) is 3.20. The van der Waals surface area contributed by atoms with Crippen LogP contribution in [0.5, 0.6) is 0 Å². The molecule has 1 atom stereocenters. The molecule has 1 aliphatic rings. The number of primary amides is 1. The van der Waals surface area contributed by atoms with Crippen molar-refractivity contribution in [1.29, 1.82) is 0 Å².